The summed E-state index contributed by atoms with van der Waals surface area (Å²) >= 11 is 0. The normalized spacial score (nSPS) is 17.5. The zero-order valence-corrected chi connectivity index (χ0v) is 16.1. The topological polar surface area (TPSA) is 67.5 Å². The fourth-order valence-electron chi connectivity index (χ4n) is 3.83. The Morgan fingerprint density at radius 2 is 2.07 bits per heavy atom. The van der Waals surface area contributed by atoms with Crippen LogP contribution in [0.1, 0.15) is 24.8 Å². The molecule has 1 fully saturated rings. The van der Waals surface area contributed by atoms with Crippen molar-refractivity contribution in [1.82, 2.24) is 14.9 Å². The summed E-state index contributed by atoms with van der Waals surface area (Å²) in [5.41, 5.74) is 1.68. The first-order valence-electron chi connectivity index (χ1n) is 9.71. The Morgan fingerprint density at radius 1 is 1.21 bits per heavy atom. The molecule has 1 N–H and O–H groups in total. The number of ether oxygens (including phenoxy) is 2. The van der Waals surface area contributed by atoms with Crippen LogP contribution in [0.2, 0.25) is 0 Å². The van der Waals surface area contributed by atoms with Crippen molar-refractivity contribution in [3.05, 3.63) is 64.7 Å². The standard InChI is InChI=1S/C22H25N3O3/c1-27-18-11-19-21(22(26)24-15-23-19)20(12-18)28-14-17-9-5-6-10-25(17)13-16-7-3-2-4-8-16/h2-4,7-8,11-12,15,17H,5-6,9-10,13-14H2,1H3,(H,23,24,26)/t17-/m1/s1. The van der Waals surface area contributed by atoms with E-state index in [1.165, 1.54) is 24.7 Å². The fourth-order valence-corrected chi connectivity index (χ4v) is 3.83. The van der Waals surface area contributed by atoms with Crippen molar-refractivity contribution in [1.29, 1.82) is 0 Å². The van der Waals surface area contributed by atoms with Crippen LogP contribution in [0.25, 0.3) is 10.9 Å². The molecule has 3 aromatic rings. The minimum absolute atomic E-state index is 0.201. The van der Waals surface area contributed by atoms with E-state index < -0.39 is 0 Å². The molecule has 6 heteroatoms. The fraction of sp³-hybridized carbons (Fsp3) is 0.364. The van der Waals surface area contributed by atoms with E-state index in [2.05, 4.69) is 39.1 Å². The van der Waals surface area contributed by atoms with E-state index in [1.54, 1.807) is 19.2 Å². The Hall–Kier alpha value is -2.86. The van der Waals surface area contributed by atoms with Gasteiger partial charge in [0.1, 0.15) is 23.5 Å². The molecule has 4 rings (SSSR count). The molecular weight excluding hydrogens is 354 g/mol. The molecule has 2 heterocycles. The van der Waals surface area contributed by atoms with Crippen LogP contribution in [-0.2, 0) is 6.54 Å². The lowest BCUT2D eigenvalue weighted by atomic mass is 10.0. The van der Waals surface area contributed by atoms with Gasteiger partial charge < -0.3 is 14.5 Å². The van der Waals surface area contributed by atoms with Gasteiger partial charge in [-0.05, 0) is 24.9 Å². The SMILES string of the molecule is COc1cc(OC[C@H]2CCCCN2Cc2ccccc2)c2c(=O)[nH]cnc2c1. The molecule has 0 amide bonds. The number of hydrogen-bond donors (Lipinski definition) is 1. The first kappa shape index (κ1) is 18.5. The molecule has 0 saturated carbocycles. The largest absolute Gasteiger partial charge is 0.497 e. The van der Waals surface area contributed by atoms with Gasteiger partial charge >= 0.3 is 0 Å². The van der Waals surface area contributed by atoms with Gasteiger partial charge in [0.25, 0.3) is 5.56 Å². The Labute approximate surface area is 164 Å². The molecule has 0 bridgehead atoms. The third-order valence-electron chi connectivity index (χ3n) is 5.33. The number of fused-ring (bicyclic) bond motifs is 1. The molecule has 146 valence electrons. The average molecular weight is 379 g/mol. The Morgan fingerprint density at radius 3 is 2.89 bits per heavy atom. The summed E-state index contributed by atoms with van der Waals surface area (Å²) in [6.45, 7) is 2.50. The van der Waals surface area contributed by atoms with Gasteiger partial charge in [0, 0.05) is 24.7 Å². The molecular formula is C22H25N3O3. The van der Waals surface area contributed by atoms with Crippen LogP contribution < -0.4 is 15.0 Å². The molecule has 0 unspecified atom stereocenters. The lowest BCUT2D eigenvalue weighted by Gasteiger charge is -2.35. The zero-order valence-electron chi connectivity index (χ0n) is 16.1. The van der Waals surface area contributed by atoms with Gasteiger partial charge in [0.15, 0.2) is 0 Å². The number of H-pyrrole nitrogens is 1. The maximum absolute atomic E-state index is 12.3. The summed E-state index contributed by atoms with van der Waals surface area (Å²) in [5, 5.41) is 0.466. The number of methoxy groups -OCH3 is 1. The van der Waals surface area contributed by atoms with Gasteiger partial charge in [0.05, 0.1) is 19.0 Å². The minimum Gasteiger partial charge on any atom is -0.497 e. The van der Waals surface area contributed by atoms with E-state index in [-0.39, 0.29) is 5.56 Å². The maximum Gasteiger partial charge on any atom is 0.262 e. The summed E-state index contributed by atoms with van der Waals surface area (Å²) in [6.07, 6.45) is 4.88. The molecule has 28 heavy (non-hydrogen) atoms. The highest BCUT2D eigenvalue weighted by atomic mass is 16.5. The molecule has 1 aliphatic heterocycles. The quantitative estimate of drug-likeness (QED) is 0.711. The molecule has 0 radical (unpaired) electrons. The summed E-state index contributed by atoms with van der Waals surface area (Å²) in [6, 6.07) is 14.3. The molecule has 2 aromatic carbocycles. The number of hydrogen-bond acceptors (Lipinski definition) is 5. The Bertz CT molecular complexity index is 987. The summed E-state index contributed by atoms with van der Waals surface area (Å²) in [7, 11) is 1.60. The van der Waals surface area contributed by atoms with Crippen LogP contribution in [-0.4, -0.2) is 41.2 Å². The summed E-state index contributed by atoms with van der Waals surface area (Å²) < 4.78 is 11.5. The third kappa shape index (κ3) is 4.02. The highest BCUT2D eigenvalue weighted by Gasteiger charge is 2.24. The molecule has 6 nitrogen and oxygen atoms in total. The zero-order chi connectivity index (χ0) is 19.3. The van der Waals surface area contributed by atoms with Crippen LogP contribution in [0.15, 0.2) is 53.6 Å². The lowest BCUT2D eigenvalue weighted by molar-refractivity contribution is 0.0938. The Balaban J connectivity index is 1.55. The first-order chi connectivity index (χ1) is 13.7. The number of benzene rings is 2. The van der Waals surface area contributed by atoms with E-state index in [9.17, 15) is 4.79 Å². The van der Waals surface area contributed by atoms with Gasteiger partial charge in [-0.3, -0.25) is 9.69 Å². The molecule has 1 aliphatic rings. The highest BCUT2D eigenvalue weighted by Crippen LogP contribution is 2.29. The van der Waals surface area contributed by atoms with Crippen LogP contribution in [0.3, 0.4) is 0 Å². The van der Waals surface area contributed by atoms with Crippen LogP contribution in [0.4, 0.5) is 0 Å². The minimum atomic E-state index is -0.201. The van der Waals surface area contributed by atoms with Crippen LogP contribution in [0.5, 0.6) is 11.5 Å². The van der Waals surface area contributed by atoms with Crippen molar-refractivity contribution in [2.24, 2.45) is 0 Å². The number of likely N-dealkylation sites (tertiary alicyclic amines) is 1. The second-order valence-electron chi connectivity index (χ2n) is 7.17. The average Bonchev–Trinajstić information content (AvgIpc) is 2.73. The number of aromatic amines is 1. The molecule has 1 atom stereocenters. The van der Waals surface area contributed by atoms with Crippen molar-refractivity contribution in [3.63, 3.8) is 0 Å². The number of piperidine rings is 1. The van der Waals surface area contributed by atoms with Gasteiger partial charge in [-0.1, -0.05) is 36.8 Å². The summed E-state index contributed by atoms with van der Waals surface area (Å²) in [4.78, 5) is 21.7. The van der Waals surface area contributed by atoms with Crippen molar-refractivity contribution in [2.45, 2.75) is 31.8 Å². The monoisotopic (exact) mass is 379 g/mol. The number of nitrogens with zero attached hydrogens (tertiary/aromatic N) is 2. The smallest absolute Gasteiger partial charge is 0.262 e. The maximum atomic E-state index is 12.3. The third-order valence-corrected chi connectivity index (χ3v) is 5.33. The molecule has 0 spiro atoms. The molecule has 0 aliphatic carbocycles. The first-order valence-corrected chi connectivity index (χ1v) is 9.71. The van der Waals surface area contributed by atoms with Crippen molar-refractivity contribution in [2.75, 3.05) is 20.3 Å². The van der Waals surface area contributed by atoms with E-state index in [1.807, 2.05) is 6.07 Å². The van der Waals surface area contributed by atoms with Gasteiger partial charge in [-0.15, -0.1) is 0 Å². The Kier molecular flexibility index (Phi) is 5.58. The number of aromatic nitrogens is 2. The second-order valence-corrected chi connectivity index (χ2v) is 7.17. The van der Waals surface area contributed by atoms with Gasteiger partial charge in [0.2, 0.25) is 0 Å². The van der Waals surface area contributed by atoms with E-state index in [0.29, 0.717) is 35.1 Å². The lowest BCUT2D eigenvalue weighted by Crippen LogP contribution is -2.42. The molecule has 1 aromatic heterocycles. The predicted molar refractivity (Wildman–Crippen MR) is 109 cm³/mol. The van der Waals surface area contributed by atoms with Gasteiger partial charge in [-0.2, -0.15) is 0 Å². The number of nitrogens with one attached hydrogen (secondary N) is 1. The summed E-state index contributed by atoms with van der Waals surface area (Å²) in [5.74, 6) is 1.15. The van der Waals surface area contributed by atoms with E-state index >= 15 is 0 Å². The van der Waals surface area contributed by atoms with E-state index in [0.717, 1.165) is 19.5 Å². The van der Waals surface area contributed by atoms with Crippen LogP contribution >= 0.6 is 0 Å². The highest BCUT2D eigenvalue weighted by molar-refractivity contribution is 5.85. The van der Waals surface area contributed by atoms with Gasteiger partial charge in [-0.25, -0.2) is 4.98 Å². The number of rotatable bonds is 6. The predicted octanol–water partition coefficient (Wildman–Crippen LogP) is 3.37. The van der Waals surface area contributed by atoms with Crippen molar-refractivity contribution >= 4 is 10.9 Å². The van der Waals surface area contributed by atoms with Crippen molar-refractivity contribution in [3.8, 4) is 11.5 Å². The van der Waals surface area contributed by atoms with Crippen molar-refractivity contribution < 1.29 is 9.47 Å². The second kappa shape index (κ2) is 8.44. The van der Waals surface area contributed by atoms with E-state index in [4.69, 9.17) is 9.47 Å². The van der Waals surface area contributed by atoms with Crippen LogP contribution in [0, 0.1) is 0 Å². The molecule has 1 saturated heterocycles.